The minimum atomic E-state index is 0.521. The molecule has 1 atom stereocenters. The second-order valence-electron chi connectivity index (χ2n) is 10.0. The Hall–Kier alpha value is -2.35. The summed E-state index contributed by atoms with van der Waals surface area (Å²) >= 11 is 0. The van der Waals surface area contributed by atoms with Crippen molar-refractivity contribution in [3.05, 3.63) is 89.5 Å². The van der Waals surface area contributed by atoms with Gasteiger partial charge < -0.3 is 0 Å². The van der Waals surface area contributed by atoms with E-state index in [9.17, 15) is 0 Å². The normalized spacial score (nSPS) is 12.2. The van der Waals surface area contributed by atoms with Crippen LogP contribution in [-0.4, -0.2) is 4.57 Å². The third-order valence-electron chi connectivity index (χ3n) is 7.12. The van der Waals surface area contributed by atoms with Crippen molar-refractivity contribution >= 4 is 0 Å². The van der Waals surface area contributed by atoms with Gasteiger partial charge in [0.15, 0.2) is 0 Å². The molecule has 2 heteroatoms. The molecule has 0 radical (unpaired) electrons. The zero-order chi connectivity index (χ0) is 24.0. The van der Waals surface area contributed by atoms with E-state index in [1.54, 1.807) is 0 Å². The predicted octanol–water partition coefficient (Wildman–Crippen LogP) is 8.26. The summed E-state index contributed by atoms with van der Waals surface area (Å²) < 4.78 is 5.26. The van der Waals surface area contributed by atoms with Gasteiger partial charge in [-0.05, 0) is 36.3 Å². The molecule has 0 bridgehead atoms. The van der Waals surface area contributed by atoms with Gasteiger partial charge >= 0.3 is 0 Å². The number of nitrogens with zero attached hydrogens (tertiary/aromatic N) is 2. The second kappa shape index (κ2) is 14.8. The summed E-state index contributed by atoms with van der Waals surface area (Å²) in [7, 11) is 0. The Morgan fingerprint density at radius 1 is 0.735 bits per heavy atom. The van der Waals surface area contributed by atoms with Crippen LogP contribution in [-0.2, 0) is 25.9 Å². The lowest BCUT2D eigenvalue weighted by molar-refractivity contribution is -0.704. The monoisotopic (exact) mass is 459 g/mol. The summed E-state index contributed by atoms with van der Waals surface area (Å²) in [4.78, 5) is 0. The van der Waals surface area contributed by atoms with E-state index in [1.165, 1.54) is 80.4 Å². The number of hydrogen-bond donors (Lipinski definition) is 0. The molecule has 0 saturated carbocycles. The van der Waals surface area contributed by atoms with E-state index in [2.05, 4.69) is 96.8 Å². The predicted molar refractivity (Wildman–Crippen MR) is 145 cm³/mol. The van der Waals surface area contributed by atoms with Gasteiger partial charge in [-0.3, -0.25) is 0 Å². The zero-order valence-corrected chi connectivity index (χ0v) is 22.0. The van der Waals surface area contributed by atoms with Crippen molar-refractivity contribution < 1.29 is 4.57 Å². The maximum atomic E-state index is 2.69. The maximum absolute atomic E-state index is 2.69. The third kappa shape index (κ3) is 8.15. The Morgan fingerprint density at radius 2 is 1.35 bits per heavy atom. The molecule has 0 saturated heterocycles. The molecule has 0 aliphatic rings. The first-order chi connectivity index (χ1) is 16.7. The molecule has 184 valence electrons. The number of rotatable bonds is 16. The average Bonchev–Trinajstić information content (AvgIpc) is 3.18. The molecular weight excluding hydrogens is 412 g/mol. The molecule has 3 rings (SSSR count). The van der Waals surface area contributed by atoms with Crippen LogP contribution in [0.5, 0.6) is 0 Å². The minimum Gasteiger partial charge on any atom is -0.234 e. The van der Waals surface area contributed by atoms with Crippen LogP contribution in [0, 0.1) is 0 Å². The van der Waals surface area contributed by atoms with Gasteiger partial charge in [0.2, 0.25) is 0 Å². The molecule has 0 fully saturated rings. The van der Waals surface area contributed by atoms with Crippen LogP contribution in [0.4, 0.5) is 0 Å². The van der Waals surface area contributed by atoms with Crippen molar-refractivity contribution in [3.8, 4) is 0 Å². The van der Waals surface area contributed by atoms with Gasteiger partial charge in [0.1, 0.15) is 11.9 Å². The summed E-state index contributed by atoms with van der Waals surface area (Å²) in [5.41, 5.74) is 4.36. The summed E-state index contributed by atoms with van der Waals surface area (Å²) in [6, 6.07) is 22.1. The van der Waals surface area contributed by atoms with E-state index in [-0.39, 0.29) is 0 Å². The quantitative estimate of drug-likeness (QED) is 0.151. The molecular formula is C32H47N2+. The highest BCUT2D eigenvalue weighted by molar-refractivity contribution is 5.22. The number of unbranched alkanes of at least 4 members (excludes halogenated alkanes) is 7. The van der Waals surface area contributed by atoms with Crippen LogP contribution in [0.25, 0.3) is 0 Å². The highest BCUT2D eigenvalue weighted by Crippen LogP contribution is 2.22. The number of benzene rings is 2. The molecule has 0 aliphatic heterocycles. The maximum Gasteiger partial charge on any atom is 0.261 e. The highest BCUT2D eigenvalue weighted by atomic mass is 15.2. The summed E-state index contributed by atoms with van der Waals surface area (Å²) in [6.07, 6.45) is 16.6. The topological polar surface area (TPSA) is 8.81 Å². The largest absolute Gasteiger partial charge is 0.261 e. The summed E-state index contributed by atoms with van der Waals surface area (Å²) in [6.45, 7) is 9.24. The number of imidazole rings is 1. The van der Waals surface area contributed by atoms with E-state index in [0.29, 0.717) is 5.92 Å². The number of aryl methyl sites for hydroxylation is 1. The number of hydrogen-bond acceptors (Lipinski definition) is 0. The molecule has 34 heavy (non-hydrogen) atoms. The van der Waals surface area contributed by atoms with Crippen molar-refractivity contribution in [2.75, 3.05) is 0 Å². The van der Waals surface area contributed by atoms with Crippen molar-refractivity contribution in [3.63, 3.8) is 0 Å². The van der Waals surface area contributed by atoms with Crippen molar-refractivity contribution in [1.82, 2.24) is 4.57 Å². The van der Waals surface area contributed by atoms with Gasteiger partial charge in [0.05, 0.1) is 19.5 Å². The van der Waals surface area contributed by atoms with E-state index >= 15 is 0 Å². The first-order valence-corrected chi connectivity index (χ1v) is 13.9. The zero-order valence-electron chi connectivity index (χ0n) is 22.0. The fourth-order valence-electron chi connectivity index (χ4n) is 5.02. The average molecular weight is 460 g/mol. The fourth-order valence-corrected chi connectivity index (χ4v) is 5.02. The van der Waals surface area contributed by atoms with Crippen LogP contribution in [0.15, 0.2) is 66.9 Å². The first kappa shape index (κ1) is 26.3. The molecule has 0 amide bonds. The molecule has 2 aromatic carbocycles. The van der Waals surface area contributed by atoms with Crippen LogP contribution in [0.3, 0.4) is 0 Å². The SMILES string of the molecule is CCCCCCCCCn1c(CC(C)c2ccccc2)c[n+](CCCC)c1Cc1ccccc1. The molecule has 0 spiro atoms. The summed E-state index contributed by atoms with van der Waals surface area (Å²) in [5.74, 6) is 2.01. The first-order valence-electron chi connectivity index (χ1n) is 13.9. The standard InChI is InChI=1S/C32H47N2/c1-4-6-8-9-10-11-18-24-34-31(25-28(3)30-21-16-13-17-22-30)27-33(23-7-5-2)32(34)26-29-19-14-12-15-20-29/h12-17,19-22,27-28H,4-11,18,23-26H2,1-3H3/q+1. The van der Waals surface area contributed by atoms with Crippen LogP contribution >= 0.6 is 0 Å². The van der Waals surface area contributed by atoms with Crippen molar-refractivity contribution in [2.24, 2.45) is 0 Å². The van der Waals surface area contributed by atoms with Crippen LogP contribution < -0.4 is 4.57 Å². The highest BCUT2D eigenvalue weighted by Gasteiger charge is 2.24. The molecule has 2 nitrogen and oxygen atoms in total. The fraction of sp³-hybridized carbons (Fsp3) is 0.531. The van der Waals surface area contributed by atoms with Crippen molar-refractivity contribution in [2.45, 2.75) is 110 Å². The van der Waals surface area contributed by atoms with E-state index < -0.39 is 0 Å². The van der Waals surface area contributed by atoms with Gasteiger partial charge in [0.25, 0.3) is 5.82 Å². The minimum absolute atomic E-state index is 0.521. The van der Waals surface area contributed by atoms with E-state index in [4.69, 9.17) is 0 Å². The Kier molecular flexibility index (Phi) is 11.4. The van der Waals surface area contributed by atoms with E-state index in [0.717, 1.165) is 25.9 Å². The molecule has 1 aromatic heterocycles. The van der Waals surface area contributed by atoms with E-state index in [1.807, 2.05) is 0 Å². The molecule has 0 N–H and O–H groups in total. The van der Waals surface area contributed by atoms with Crippen LogP contribution in [0.1, 0.15) is 107 Å². The van der Waals surface area contributed by atoms with Gasteiger partial charge in [-0.25, -0.2) is 9.13 Å². The Balaban J connectivity index is 1.82. The molecule has 1 heterocycles. The lowest BCUT2D eigenvalue weighted by Crippen LogP contribution is -2.37. The Morgan fingerprint density at radius 3 is 2.03 bits per heavy atom. The van der Waals surface area contributed by atoms with Crippen LogP contribution in [0.2, 0.25) is 0 Å². The van der Waals surface area contributed by atoms with Gasteiger partial charge in [-0.2, -0.15) is 0 Å². The third-order valence-corrected chi connectivity index (χ3v) is 7.12. The Labute approximate surface area is 209 Å². The number of aromatic nitrogens is 2. The molecule has 3 aromatic rings. The van der Waals surface area contributed by atoms with Gasteiger partial charge in [-0.15, -0.1) is 0 Å². The molecule has 0 aliphatic carbocycles. The van der Waals surface area contributed by atoms with Crippen molar-refractivity contribution in [1.29, 1.82) is 0 Å². The smallest absolute Gasteiger partial charge is 0.234 e. The lowest BCUT2D eigenvalue weighted by Gasteiger charge is -2.12. The lowest BCUT2D eigenvalue weighted by atomic mass is 9.96. The second-order valence-corrected chi connectivity index (χ2v) is 10.0. The Bertz CT molecular complexity index is 926. The summed E-state index contributed by atoms with van der Waals surface area (Å²) in [5, 5.41) is 0. The van der Waals surface area contributed by atoms with Gasteiger partial charge in [-0.1, -0.05) is 120 Å². The van der Waals surface area contributed by atoms with Gasteiger partial charge in [0, 0.05) is 6.42 Å². The molecule has 1 unspecified atom stereocenters.